The summed E-state index contributed by atoms with van der Waals surface area (Å²) in [5.41, 5.74) is 0.960. The maximum atomic E-state index is 12.5. The van der Waals surface area contributed by atoms with Crippen LogP contribution in [0.4, 0.5) is 6.01 Å². The van der Waals surface area contributed by atoms with E-state index in [1.54, 1.807) is 36.4 Å². The second-order valence-corrected chi connectivity index (χ2v) is 5.85. The van der Waals surface area contributed by atoms with Crippen LogP contribution in [0.1, 0.15) is 20.7 Å². The highest BCUT2D eigenvalue weighted by molar-refractivity contribution is 6.41. The zero-order valence-corrected chi connectivity index (χ0v) is 13.4. The van der Waals surface area contributed by atoms with Crippen molar-refractivity contribution in [2.45, 2.75) is 0 Å². The van der Waals surface area contributed by atoms with Gasteiger partial charge in [0.15, 0.2) is 0 Å². The third-order valence-electron chi connectivity index (χ3n) is 3.56. The van der Waals surface area contributed by atoms with Gasteiger partial charge in [0.1, 0.15) is 0 Å². The van der Waals surface area contributed by atoms with Gasteiger partial charge < -0.3 is 4.42 Å². The molecule has 1 aliphatic heterocycles. The fraction of sp³-hybridized carbons (Fsp3) is 0. The minimum Gasteiger partial charge on any atom is -0.403 e. The van der Waals surface area contributed by atoms with E-state index in [0.29, 0.717) is 10.6 Å². The number of rotatable bonds is 2. The lowest BCUT2D eigenvalue weighted by atomic mass is 10.1. The SMILES string of the molecule is O=C1c2cccc(Cl)c2C(=O)N1c1nnc(-c2ccc(Cl)cc2)o1. The highest BCUT2D eigenvalue weighted by atomic mass is 35.5. The predicted octanol–water partition coefficient (Wildman–Crippen LogP) is 3.84. The normalized spacial score (nSPS) is 13.5. The molecule has 2 heterocycles. The standard InChI is InChI=1S/C16H7Cl2N3O3/c17-9-6-4-8(5-7-9)13-19-20-16(24-13)21-14(22)10-2-1-3-11(18)12(10)15(21)23/h1-7H. The molecule has 6 nitrogen and oxygen atoms in total. The molecule has 1 aliphatic rings. The minimum absolute atomic E-state index is 0.135. The van der Waals surface area contributed by atoms with Gasteiger partial charge >= 0.3 is 6.01 Å². The molecule has 8 heteroatoms. The Kier molecular flexibility index (Phi) is 3.37. The molecule has 0 fully saturated rings. The van der Waals surface area contributed by atoms with Crippen LogP contribution in [-0.4, -0.2) is 22.0 Å². The first-order valence-electron chi connectivity index (χ1n) is 6.83. The van der Waals surface area contributed by atoms with Gasteiger partial charge in [-0.05, 0) is 36.4 Å². The van der Waals surface area contributed by atoms with Crippen molar-refractivity contribution in [3.8, 4) is 11.5 Å². The molecule has 24 heavy (non-hydrogen) atoms. The quantitative estimate of drug-likeness (QED) is 0.649. The summed E-state index contributed by atoms with van der Waals surface area (Å²) in [6.45, 7) is 0. The van der Waals surface area contributed by atoms with E-state index in [1.165, 1.54) is 6.07 Å². The molecule has 0 radical (unpaired) electrons. The van der Waals surface area contributed by atoms with Crippen LogP contribution in [-0.2, 0) is 0 Å². The lowest BCUT2D eigenvalue weighted by Gasteiger charge is -2.06. The van der Waals surface area contributed by atoms with Crippen LogP contribution in [0.25, 0.3) is 11.5 Å². The second kappa shape index (κ2) is 5.43. The summed E-state index contributed by atoms with van der Waals surface area (Å²) in [5, 5.41) is 8.44. The largest absolute Gasteiger partial charge is 0.403 e. The van der Waals surface area contributed by atoms with Crippen LogP contribution in [0.15, 0.2) is 46.9 Å². The topological polar surface area (TPSA) is 76.3 Å². The molecule has 0 unspecified atom stereocenters. The summed E-state index contributed by atoms with van der Waals surface area (Å²) < 4.78 is 5.48. The molecule has 0 saturated heterocycles. The number of halogens is 2. The predicted molar refractivity (Wildman–Crippen MR) is 87.3 cm³/mol. The Morgan fingerprint density at radius 1 is 0.917 bits per heavy atom. The fourth-order valence-electron chi connectivity index (χ4n) is 2.43. The van der Waals surface area contributed by atoms with Crippen molar-refractivity contribution in [2.75, 3.05) is 4.90 Å². The first-order valence-corrected chi connectivity index (χ1v) is 7.58. The number of carbonyl (C=O) groups excluding carboxylic acids is 2. The number of aromatic nitrogens is 2. The van der Waals surface area contributed by atoms with Crippen molar-refractivity contribution < 1.29 is 14.0 Å². The number of benzene rings is 2. The molecule has 0 spiro atoms. The van der Waals surface area contributed by atoms with Gasteiger partial charge in [-0.2, -0.15) is 4.90 Å². The number of anilines is 1. The van der Waals surface area contributed by atoms with Crippen LogP contribution in [0, 0.1) is 0 Å². The summed E-state index contributed by atoms with van der Waals surface area (Å²) in [6, 6.07) is 11.2. The van der Waals surface area contributed by atoms with Crippen molar-refractivity contribution >= 4 is 41.0 Å². The average Bonchev–Trinajstić information content (AvgIpc) is 3.13. The molecule has 2 amide bonds. The molecule has 0 atom stereocenters. The van der Waals surface area contributed by atoms with Crippen LogP contribution in [0.5, 0.6) is 0 Å². The van der Waals surface area contributed by atoms with Gasteiger partial charge in [-0.15, -0.1) is 5.10 Å². The van der Waals surface area contributed by atoms with Gasteiger partial charge in [0.05, 0.1) is 16.1 Å². The molecular weight excluding hydrogens is 353 g/mol. The van der Waals surface area contributed by atoms with Crippen molar-refractivity contribution in [1.29, 1.82) is 0 Å². The molecule has 0 N–H and O–H groups in total. The molecular formula is C16H7Cl2N3O3. The van der Waals surface area contributed by atoms with Gasteiger partial charge in [0.25, 0.3) is 11.8 Å². The third-order valence-corrected chi connectivity index (χ3v) is 4.13. The van der Waals surface area contributed by atoms with E-state index in [-0.39, 0.29) is 28.1 Å². The van der Waals surface area contributed by atoms with E-state index in [9.17, 15) is 9.59 Å². The second-order valence-electron chi connectivity index (χ2n) is 5.00. The highest BCUT2D eigenvalue weighted by Crippen LogP contribution is 2.33. The summed E-state index contributed by atoms with van der Waals surface area (Å²) in [5.74, 6) is -0.972. The van der Waals surface area contributed by atoms with Crippen LogP contribution in [0.2, 0.25) is 10.0 Å². The number of amides is 2. The highest BCUT2D eigenvalue weighted by Gasteiger charge is 2.41. The Morgan fingerprint density at radius 2 is 1.67 bits per heavy atom. The number of carbonyl (C=O) groups is 2. The fourth-order valence-corrected chi connectivity index (χ4v) is 2.81. The Morgan fingerprint density at radius 3 is 2.38 bits per heavy atom. The maximum Gasteiger partial charge on any atom is 0.332 e. The first-order chi connectivity index (χ1) is 11.6. The summed E-state index contributed by atoms with van der Waals surface area (Å²) in [7, 11) is 0. The van der Waals surface area contributed by atoms with Gasteiger partial charge in [-0.25, -0.2) is 0 Å². The number of nitrogens with zero attached hydrogens (tertiary/aromatic N) is 3. The number of fused-ring (bicyclic) bond motifs is 1. The van der Waals surface area contributed by atoms with E-state index in [2.05, 4.69) is 10.2 Å². The van der Waals surface area contributed by atoms with Gasteiger partial charge in [0, 0.05) is 10.6 Å². The molecule has 118 valence electrons. The zero-order valence-electron chi connectivity index (χ0n) is 11.9. The lowest BCUT2D eigenvalue weighted by molar-refractivity contribution is 0.0919. The monoisotopic (exact) mass is 359 g/mol. The number of imide groups is 1. The Bertz CT molecular complexity index is 982. The molecule has 4 rings (SSSR count). The van der Waals surface area contributed by atoms with Gasteiger partial charge in [-0.3, -0.25) is 9.59 Å². The molecule has 2 aromatic carbocycles. The van der Waals surface area contributed by atoms with Gasteiger partial charge in [0.2, 0.25) is 5.89 Å². The number of hydrogen-bond acceptors (Lipinski definition) is 5. The Balaban J connectivity index is 1.74. The molecule has 0 aliphatic carbocycles. The summed E-state index contributed by atoms with van der Waals surface area (Å²) in [4.78, 5) is 25.8. The van der Waals surface area contributed by atoms with E-state index in [1.807, 2.05) is 0 Å². The smallest absolute Gasteiger partial charge is 0.332 e. The van der Waals surface area contributed by atoms with Crippen molar-refractivity contribution in [3.05, 3.63) is 63.6 Å². The summed E-state index contributed by atoms with van der Waals surface area (Å²) >= 11 is 11.9. The molecule has 3 aromatic rings. The average molecular weight is 360 g/mol. The lowest BCUT2D eigenvalue weighted by Crippen LogP contribution is -2.29. The van der Waals surface area contributed by atoms with Crippen LogP contribution < -0.4 is 4.90 Å². The van der Waals surface area contributed by atoms with Crippen LogP contribution >= 0.6 is 23.2 Å². The van der Waals surface area contributed by atoms with E-state index in [4.69, 9.17) is 27.6 Å². The third kappa shape index (κ3) is 2.19. The first kappa shape index (κ1) is 14.9. The van der Waals surface area contributed by atoms with Crippen LogP contribution in [0.3, 0.4) is 0 Å². The molecule has 0 bridgehead atoms. The maximum absolute atomic E-state index is 12.5. The minimum atomic E-state index is -0.591. The Hall–Kier alpha value is -2.70. The summed E-state index contributed by atoms with van der Waals surface area (Å²) in [6.07, 6.45) is 0. The van der Waals surface area contributed by atoms with E-state index in [0.717, 1.165) is 4.90 Å². The van der Waals surface area contributed by atoms with Crippen molar-refractivity contribution in [2.24, 2.45) is 0 Å². The van der Waals surface area contributed by atoms with Crippen molar-refractivity contribution in [3.63, 3.8) is 0 Å². The van der Waals surface area contributed by atoms with E-state index >= 15 is 0 Å². The number of hydrogen-bond donors (Lipinski definition) is 0. The zero-order chi connectivity index (χ0) is 16.8. The van der Waals surface area contributed by atoms with E-state index < -0.39 is 11.8 Å². The van der Waals surface area contributed by atoms with Crippen molar-refractivity contribution in [1.82, 2.24) is 10.2 Å². The van der Waals surface area contributed by atoms with Gasteiger partial charge in [-0.1, -0.05) is 34.4 Å². The molecule has 0 saturated carbocycles. The Labute approximate surface area is 145 Å². The molecule has 1 aromatic heterocycles.